The molecule has 1 heterocycles. The summed E-state index contributed by atoms with van der Waals surface area (Å²) in [5.74, 6) is -3.50. The van der Waals surface area contributed by atoms with Crippen molar-refractivity contribution in [1.29, 1.82) is 0 Å². The van der Waals surface area contributed by atoms with Gasteiger partial charge in [-0.05, 0) is 44.9 Å². The Balaban J connectivity index is 2.16. The number of nitrogens with two attached hydrogens (primary N) is 1. The van der Waals surface area contributed by atoms with Gasteiger partial charge in [-0.1, -0.05) is 63.6 Å². The second-order valence-corrected chi connectivity index (χ2v) is 11.5. The first-order chi connectivity index (χ1) is 21.0. The lowest BCUT2D eigenvalue weighted by Gasteiger charge is -2.25. The van der Waals surface area contributed by atoms with Crippen LogP contribution in [0.3, 0.4) is 0 Å². The molecule has 0 aliphatic heterocycles. The average Bonchev–Trinajstić information content (AvgIpc) is 3.37. The highest BCUT2D eigenvalue weighted by atomic mass is 16.4. The van der Waals surface area contributed by atoms with Crippen molar-refractivity contribution in [2.75, 3.05) is 6.54 Å². The molecule has 44 heavy (non-hydrogen) atoms. The van der Waals surface area contributed by atoms with Crippen molar-refractivity contribution in [3.8, 4) is 0 Å². The van der Waals surface area contributed by atoms with Crippen LogP contribution >= 0.6 is 0 Å². The second kappa shape index (κ2) is 19.4. The SMILES string of the molecule is CCCCCCCCCC(=O)NC(Cc1c[nH]c2ccccc12)C(=O)NC(CCN)C(=O)NC(CC(=O)O)C(=O)NC(C)C. The Kier molecular flexibility index (Phi) is 16.0. The maximum Gasteiger partial charge on any atom is 0.305 e. The number of nitrogens with one attached hydrogen (secondary N) is 5. The number of fused-ring (bicyclic) bond motifs is 1. The van der Waals surface area contributed by atoms with Crippen molar-refractivity contribution in [2.45, 2.75) is 116 Å². The van der Waals surface area contributed by atoms with Gasteiger partial charge < -0.3 is 37.1 Å². The summed E-state index contributed by atoms with van der Waals surface area (Å²) in [6, 6.07) is 3.86. The minimum absolute atomic E-state index is 0.0367. The lowest BCUT2D eigenvalue weighted by molar-refractivity contribution is -0.141. The fourth-order valence-corrected chi connectivity index (χ4v) is 4.99. The third-order valence-electron chi connectivity index (χ3n) is 7.29. The standard InChI is InChI=1S/C32H50N6O6/c1-4-5-6-7-8-9-10-15-28(39)36-26(18-22-20-34-24-14-12-11-13-23(22)24)32(44)37-25(16-17-33)30(42)38-27(19-29(40)41)31(43)35-21(2)3/h11-14,20-21,25-27,34H,4-10,15-19,33H2,1-3H3,(H,35,43)(H,36,39)(H,37,44)(H,38,42)(H,40,41). The molecule has 2 rings (SSSR count). The number of carboxylic acid groups (broad SMARTS) is 1. The number of carbonyl (C=O) groups excluding carboxylic acids is 4. The van der Waals surface area contributed by atoms with Crippen molar-refractivity contribution in [3.63, 3.8) is 0 Å². The number of hydrogen-bond donors (Lipinski definition) is 7. The number of hydrogen-bond acceptors (Lipinski definition) is 6. The molecule has 1 aromatic carbocycles. The van der Waals surface area contributed by atoms with Crippen LogP contribution in [0.25, 0.3) is 10.9 Å². The van der Waals surface area contributed by atoms with E-state index in [4.69, 9.17) is 5.73 Å². The molecule has 0 aliphatic rings. The molecule has 12 nitrogen and oxygen atoms in total. The summed E-state index contributed by atoms with van der Waals surface area (Å²) in [4.78, 5) is 66.9. The third-order valence-corrected chi connectivity index (χ3v) is 7.29. The minimum atomic E-state index is -1.34. The summed E-state index contributed by atoms with van der Waals surface area (Å²) < 4.78 is 0. The number of carbonyl (C=O) groups is 5. The van der Waals surface area contributed by atoms with E-state index < -0.39 is 48.2 Å². The zero-order valence-electron chi connectivity index (χ0n) is 26.2. The third kappa shape index (κ3) is 12.7. The van der Waals surface area contributed by atoms with E-state index in [9.17, 15) is 29.1 Å². The smallest absolute Gasteiger partial charge is 0.305 e. The van der Waals surface area contributed by atoms with Gasteiger partial charge in [-0.3, -0.25) is 24.0 Å². The Morgan fingerprint density at radius 1 is 0.818 bits per heavy atom. The number of carboxylic acids is 1. The maximum absolute atomic E-state index is 13.6. The Hall–Kier alpha value is -3.93. The molecule has 0 bridgehead atoms. The molecular formula is C32H50N6O6. The van der Waals surface area contributed by atoms with E-state index in [1.54, 1.807) is 20.0 Å². The molecule has 3 unspecified atom stereocenters. The van der Waals surface area contributed by atoms with Gasteiger partial charge in [-0.15, -0.1) is 0 Å². The molecule has 12 heteroatoms. The number of rotatable bonds is 21. The first kappa shape index (κ1) is 36.3. The fourth-order valence-electron chi connectivity index (χ4n) is 4.99. The van der Waals surface area contributed by atoms with Gasteiger partial charge in [0, 0.05) is 36.0 Å². The Bertz CT molecular complexity index is 1230. The van der Waals surface area contributed by atoms with Crippen molar-refractivity contribution < 1.29 is 29.1 Å². The molecule has 0 spiro atoms. The van der Waals surface area contributed by atoms with Crippen LogP contribution < -0.4 is 27.0 Å². The van der Waals surface area contributed by atoms with Gasteiger partial charge in [0.2, 0.25) is 23.6 Å². The van der Waals surface area contributed by atoms with Gasteiger partial charge >= 0.3 is 5.97 Å². The van der Waals surface area contributed by atoms with E-state index in [-0.39, 0.29) is 37.8 Å². The molecule has 0 aliphatic carbocycles. The van der Waals surface area contributed by atoms with E-state index in [1.165, 1.54) is 19.3 Å². The largest absolute Gasteiger partial charge is 0.481 e. The molecule has 0 saturated heterocycles. The van der Waals surface area contributed by atoms with Crippen LogP contribution in [-0.2, 0) is 30.4 Å². The van der Waals surface area contributed by atoms with Crippen LogP contribution in [0.5, 0.6) is 0 Å². The number of benzene rings is 1. The van der Waals surface area contributed by atoms with Crippen molar-refractivity contribution in [2.24, 2.45) is 5.73 Å². The van der Waals surface area contributed by atoms with E-state index >= 15 is 0 Å². The number of aliphatic carboxylic acids is 1. The topological polar surface area (TPSA) is 196 Å². The number of aromatic amines is 1. The molecule has 4 amide bonds. The Morgan fingerprint density at radius 3 is 2.09 bits per heavy atom. The van der Waals surface area contributed by atoms with Gasteiger partial charge in [0.15, 0.2) is 0 Å². The minimum Gasteiger partial charge on any atom is -0.481 e. The lowest BCUT2D eigenvalue weighted by Crippen LogP contribution is -2.58. The summed E-state index contributed by atoms with van der Waals surface area (Å²) in [6.45, 7) is 5.63. The summed E-state index contributed by atoms with van der Waals surface area (Å²) in [5.41, 5.74) is 7.45. The monoisotopic (exact) mass is 614 g/mol. The average molecular weight is 615 g/mol. The second-order valence-electron chi connectivity index (χ2n) is 11.5. The highest BCUT2D eigenvalue weighted by Crippen LogP contribution is 2.19. The number of aromatic nitrogens is 1. The van der Waals surface area contributed by atoms with Gasteiger partial charge in [-0.2, -0.15) is 0 Å². The van der Waals surface area contributed by atoms with Crippen LogP contribution in [0.2, 0.25) is 0 Å². The van der Waals surface area contributed by atoms with Crippen molar-refractivity contribution in [1.82, 2.24) is 26.3 Å². The number of unbranched alkanes of at least 4 members (excludes halogenated alkanes) is 6. The van der Waals surface area contributed by atoms with Gasteiger partial charge in [0.05, 0.1) is 6.42 Å². The number of para-hydroxylation sites is 1. The zero-order valence-corrected chi connectivity index (χ0v) is 26.2. The van der Waals surface area contributed by atoms with Gasteiger partial charge in [-0.25, -0.2) is 0 Å². The lowest BCUT2D eigenvalue weighted by atomic mass is 10.0. The fraction of sp³-hybridized carbons (Fsp3) is 0.594. The molecule has 8 N–H and O–H groups in total. The quantitative estimate of drug-likeness (QED) is 0.105. The predicted octanol–water partition coefficient (Wildman–Crippen LogP) is 2.65. The summed E-state index contributed by atoms with van der Waals surface area (Å²) >= 11 is 0. The van der Waals surface area contributed by atoms with Gasteiger partial charge in [0.1, 0.15) is 18.1 Å². The van der Waals surface area contributed by atoms with E-state index in [2.05, 4.69) is 33.2 Å². The molecule has 244 valence electrons. The molecular weight excluding hydrogens is 564 g/mol. The first-order valence-electron chi connectivity index (χ1n) is 15.7. The molecule has 0 fully saturated rings. The molecule has 0 saturated carbocycles. The molecule has 2 aromatic rings. The summed E-state index contributed by atoms with van der Waals surface area (Å²) in [7, 11) is 0. The Morgan fingerprint density at radius 2 is 1.43 bits per heavy atom. The Labute approximate surface area is 259 Å². The van der Waals surface area contributed by atoms with Crippen LogP contribution in [-0.4, -0.2) is 70.4 Å². The molecule has 0 radical (unpaired) electrons. The van der Waals surface area contributed by atoms with E-state index in [0.717, 1.165) is 35.7 Å². The number of H-pyrrole nitrogens is 1. The molecule has 3 atom stereocenters. The first-order valence-corrected chi connectivity index (χ1v) is 15.7. The van der Waals surface area contributed by atoms with Crippen LogP contribution in [0.1, 0.15) is 90.5 Å². The summed E-state index contributed by atoms with van der Waals surface area (Å²) in [6.07, 6.45) is 9.05. The highest BCUT2D eigenvalue weighted by molar-refractivity contribution is 5.95. The van der Waals surface area contributed by atoms with E-state index in [1.807, 2.05) is 24.3 Å². The van der Waals surface area contributed by atoms with Crippen LogP contribution in [0.4, 0.5) is 0 Å². The highest BCUT2D eigenvalue weighted by Gasteiger charge is 2.31. The summed E-state index contributed by atoms with van der Waals surface area (Å²) in [5, 5.41) is 20.8. The van der Waals surface area contributed by atoms with Crippen molar-refractivity contribution >= 4 is 40.5 Å². The normalized spacial score (nSPS) is 13.2. The van der Waals surface area contributed by atoms with Crippen LogP contribution in [0.15, 0.2) is 30.5 Å². The predicted molar refractivity (Wildman–Crippen MR) is 170 cm³/mol. The maximum atomic E-state index is 13.6. The van der Waals surface area contributed by atoms with Crippen LogP contribution in [0, 0.1) is 0 Å². The zero-order chi connectivity index (χ0) is 32.5. The van der Waals surface area contributed by atoms with E-state index in [0.29, 0.717) is 6.42 Å². The van der Waals surface area contributed by atoms with Gasteiger partial charge in [0.25, 0.3) is 0 Å². The van der Waals surface area contributed by atoms with Crippen molar-refractivity contribution in [3.05, 3.63) is 36.0 Å². The molecule has 1 aromatic heterocycles. The number of amides is 4.